The first-order valence-corrected chi connectivity index (χ1v) is 7.32. The van der Waals surface area contributed by atoms with E-state index >= 15 is 0 Å². The number of aromatic hydroxyl groups is 1. The van der Waals surface area contributed by atoms with Crippen LogP contribution >= 0.6 is 0 Å². The Morgan fingerprint density at radius 2 is 2.05 bits per heavy atom. The van der Waals surface area contributed by atoms with Gasteiger partial charge in [-0.1, -0.05) is 32.9 Å². The SMILES string of the molecule is CCC1NC(=O)C(C(C)C)N(Cc2cccc(O)c2)C1=O. The molecule has 1 heterocycles. The Bertz CT molecular complexity index is 542. The second-order valence-electron chi connectivity index (χ2n) is 5.79. The van der Waals surface area contributed by atoms with Crippen molar-refractivity contribution in [2.45, 2.75) is 45.8 Å². The molecule has 0 saturated carbocycles. The molecule has 114 valence electrons. The Hall–Kier alpha value is -2.04. The number of hydrogen-bond acceptors (Lipinski definition) is 3. The molecule has 2 unspecified atom stereocenters. The lowest BCUT2D eigenvalue weighted by Crippen LogP contribution is -2.64. The van der Waals surface area contributed by atoms with Crippen LogP contribution in [-0.4, -0.2) is 33.9 Å². The van der Waals surface area contributed by atoms with Gasteiger partial charge in [-0.3, -0.25) is 9.59 Å². The number of amides is 2. The molecular weight excluding hydrogens is 268 g/mol. The summed E-state index contributed by atoms with van der Waals surface area (Å²) < 4.78 is 0. The standard InChI is InChI=1S/C16H22N2O3/c1-4-13-16(21)18(14(10(2)3)15(20)17-13)9-11-6-5-7-12(19)8-11/h5-8,10,13-14,19H,4,9H2,1-3H3,(H,17,20). The molecule has 1 aromatic carbocycles. The number of rotatable bonds is 4. The van der Waals surface area contributed by atoms with E-state index in [9.17, 15) is 14.7 Å². The highest BCUT2D eigenvalue weighted by Crippen LogP contribution is 2.22. The first kappa shape index (κ1) is 15.4. The Kier molecular flexibility index (Phi) is 4.50. The topological polar surface area (TPSA) is 69.6 Å². The van der Waals surface area contributed by atoms with Crippen LogP contribution in [0.5, 0.6) is 5.75 Å². The fraction of sp³-hybridized carbons (Fsp3) is 0.500. The predicted octanol–water partition coefficient (Wildman–Crippen LogP) is 1.65. The van der Waals surface area contributed by atoms with Gasteiger partial charge in [0.2, 0.25) is 11.8 Å². The maximum absolute atomic E-state index is 12.6. The zero-order valence-electron chi connectivity index (χ0n) is 12.7. The summed E-state index contributed by atoms with van der Waals surface area (Å²) in [6.07, 6.45) is 0.575. The average molecular weight is 290 g/mol. The van der Waals surface area contributed by atoms with Crippen LogP contribution < -0.4 is 5.32 Å². The van der Waals surface area contributed by atoms with Crippen molar-refractivity contribution in [3.63, 3.8) is 0 Å². The Labute approximate surface area is 125 Å². The summed E-state index contributed by atoms with van der Waals surface area (Å²) >= 11 is 0. The van der Waals surface area contributed by atoms with Gasteiger partial charge in [0.1, 0.15) is 17.8 Å². The molecule has 1 aliphatic rings. The minimum Gasteiger partial charge on any atom is -0.508 e. The van der Waals surface area contributed by atoms with Crippen molar-refractivity contribution in [3.05, 3.63) is 29.8 Å². The Morgan fingerprint density at radius 3 is 2.62 bits per heavy atom. The highest BCUT2D eigenvalue weighted by molar-refractivity contribution is 5.97. The molecule has 5 nitrogen and oxygen atoms in total. The normalized spacial score (nSPS) is 22.6. The number of nitrogens with one attached hydrogen (secondary N) is 1. The Morgan fingerprint density at radius 1 is 1.33 bits per heavy atom. The van der Waals surface area contributed by atoms with Gasteiger partial charge in [-0.25, -0.2) is 0 Å². The van der Waals surface area contributed by atoms with Gasteiger partial charge in [0.25, 0.3) is 0 Å². The second kappa shape index (κ2) is 6.16. The van der Waals surface area contributed by atoms with Gasteiger partial charge in [-0.2, -0.15) is 0 Å². The molecule has 1 fully saturated rings. The van der Waals surface area contributed by atoms with E-state index in [1.807, 2.05) is 26.8 Å². The van der Waals surface area contributed by atoms with E-state index in [0.29, 0.717) is 13.0 Å². The van der Waals surface area contributed by atoms with Crippen molar-refractivity contribution in [2.24, 2.45) is 5.92 Å². The van der Waals surface area contributed by atoms with Crippen LogP contribution in [0, 0.1) is 5.92 Å². The van der Waals surface area contributed by atoms with E-state index in [0.717, 1.165) is 5.56 Å². The molecule has 1 aromatic rings. The summed E-state index contributed by atoms with van der Waals surface area (Å²) in [5.74, 6) is 0.0364. The zero-order chi connectivity index (χ0) is 15.6. The molecule has 1 aliphatic heterocycles. The molecule has 0 bridgehead atoms. The largest absolute Gasteiger partial charge is 0.508 e. The third-order valence-electron chi connectivity index (χ3n) is 3.81. The van der Waals surface area contributed by atoms with Crippen LogP contribution in [0.3, 0.4) is 0 Å². The van der Waals surface area contributed by atoms with Crippen LogP contribution in [0.1, 0.15) is 32.8 Å². The number of hydrogen-bond donors (Lipinski definition) is 2. The summed E-state index contributed by atoms with van der Waals surface area (Å²) in [7, 11) is 0. The van der Waals surface area contributed by atoms with Crippen LogP contribution in [0.15, 0.2) is 24.3 Å². The molecule has 0 aliphatic carbocycles. The number of phenolic OH excluding ortho intramolecular Hbond substituents is 1. The highest BCUT2D eigenvalue weighted by atomic mass is 16.3. The minimum atomic E-state index is -0.470. The molecule has 0 spiro atoms. The van der Waals surface area contributed by atoms with E-state index in [-0.39, 0.29) is 23.5 Å². The van der Waals surface area contributed by atoms with Crippen molar-refractivity contribution in [1.29, 1.82) is 0 Å². The maximum atomic E-state index is 12.6. The van der Waals surface area contributed by atoms with Crippen molar-refractivity contribution < 1.29 is 14.7 Å². The maximum Gasteiger partial charge on any atom is 0.246 e. The molecule has 1 saturated heterocycles. The number of carbonyl (C=O) groups is 2. The van der Waals surface area contributed by atoms with E-state index in [4.69, 9.17) is 0 Å². The summed E-state index contributed by atoms with van der Waals surface area (Å²) in [4.78, 5) is 26.5. The monoisotopic (exact) mass is 290 g/mol. The van der Waals surface area contributed by atoms with Gasteiger partial charge >= 0.3 is 0 Å². The summed E-state index contributed by atoms with van der Waals surface area (Å²) in [5.41, 5.74) is 0.818. The fourth-order valence-electron chi connectivity index (χ4n) is 2.76. The molecular formula is C16H22N2O3. The second-order valence-corrected chi connectivity index (χ2v) is 5.79. The quantitative estimate of drug-likeness (QED) is 0.886. The van der Waals surface area contributed by atoms with Crippen LogP contribution in [0.4, 0.5) is 0 Å². The smallest absolute Gasteiger partial charge is 0.246 e. The fourth-order valence-corrected chi connectivity index (χ4v) is 2.76. The first-order valence-electron chi connectivity index (χ1n) is 7.32. The van der Waals surface area contributed by atoms with Gasteiger partial charge in [0.15, 0.2) is 0 Å². The van der Waals surface area contributed by atoms with E-state index in [1.54, 1.807) is 23.1 Å². The molecule has 0 aromatic heterocycles. The van der Waals surface area contributed by atoms with Crippen molar-refractivity contribution >= 4 is 11.8 Å². The van der Waals surface area contributed by atoms with Gasteiger partial charge in [-0.05, 0) is 30.0 Å². The van der Waals surface area contributed by atoms with Crippen molar-refractivity contribution in [3.8, 4) is 5.75 Å². The Balaban J connectivity index is 2.29. The summed E-state index contributed by atoms with van der Waals surface area (Å²) in [6, 6.07) is 5.87. The van der Waals surface area contributed by atoms with Gasteiger partial charge in [0.05, 0.1) is 0 Å². The predicted molar refractivity (Wildman–Crippen MR) is 79.5 cm³/mol. The molecule has 5 heteroatoms. The van der Waals surface area contributed by atoms with Crippen molar-refractivity contribution in [1.82, 2.24) is 10.2 Å². The molecule has 2 N–H and O–H groups in total. The van der Waals surface area contributed by atoms with Gasteiger partial charge in [-0.15, -0.1) is 0 Å². The summed E-state index contributed by atoms with van der Waals surface area (Å²) in [6.45, 7) is 6.07. The third-order valence-corrected chi connectivity index (χ3v) is 3.81. The molecule has 0 radical (unpaired) electrons. The van der Waals surface area contributed by atoms with Crippen molar-refractivity contribution in [2.75, 3.05) is 0 Å². The number of carbonyl (C=O) groups excluding carboxylic acids is 2. The minimum absolute atomic E-state index is 0.0315. The number of benzene rings is 1. The average Bonchev–Trinajstić information content (AvgIpc) is 2.42. The van der Waals surface area contributed by atoms with Gasteiger partial charge in [0, 0.05) is 6.54 Å². The molecule has 21 heavy (non-hydrogen) atoms. The molecule has 2 rings (SSSR count). The number of nitrogens with zero attached hydrogens (tertiary/aromatic N) is 1. The van der Waals surface area contributed by atoms with Crippen LogP contribution in [-0.2, 0) is 16.1 Å². The zero-order valence-corrected chi connectivity index (χ0v) is 12.7. The lowest BCUT2D eigenvalue weighted by molar-refractivity contribution is -0.152. The molecule has 2 atom stereocenters. The van der Waals surface area contributed by atoms with Crippen LogP contribution in [0.25, 0.3) is 0 Å². The van der Waals surface area contributed by atoms with E-state index in [2.05, 4.69) is 5.32 Å². The van der Waals surface area contributed by atoms with E-state index in [1.165, 1.54) is 0 Å². The van der Waals surface area contributed by atoms with E-state index < -0.39 is 12.1 Å². The lowest BCUT2D eigenvalue weighted by atomic mass is 9.95. The highest BCUT2D eigenvalue weighted by Gasteiger charge is 2.41. The number of piperazine rings is 1. The molecule has 2 amide bonds. The summed E-state index contributed by atoms with van der Waals surface area (Å²) in [5, 5.41) is 12.3. The first-order chi connectivity index (χ1) is 9.93. The van der Waals surface area contributed by atoms with Gasteiger partial charge < -0.3 is 15.3 Å². The third kappa shape index (κ3) is 3.17. The van der Waals surface area contributed by atoms with Crippen LogP contribution in [0.2, 0.25) is 0 Å². The lowest BCUT2D eigenvalue weighted by Gasteiger charge is -2.40. The number of phenols is 1.